The van der Waals surface area contributed by atoms with Crippen molar-refractivity contribution in [1.82, 2.24) is 14.7 Å². The highest BCUT2D eigenvalue weighted by molar-refractivity contribution is 7.12. The Morgan fingerprint density at radius 1 is 1.00 bits per heavy atom. The number of hydrogen-bond acceptors (Lipinski definition) is 4. The minimum absolute atomic E-state index is 0.00316. The molecule has 9 heteroatoms. The molecule has 4 rings (SSSR count). The van der Waals surface area contributed by atoms with Crippen LogP contribution in [0, 0.1) is 0 Å². The van der Waals surface area contributed by atoms with Crippen LogP contribution in [0.15, 0.2) is 41.8 Å². The summed E-state index contributed by atoms with van der Waals surface area (Å²) in [7, 11) is 0. The quantitative estimate of drug-likeness (QED) is 0.712. The summed E-state index contributed by atoms with van der Waals surface area (Å²) in [6, 6.07) is 8.44. The normalized spacial score (nSPS) is 20.3. The van der Waals surface area contributed by atoms with E-state index in [1.807, 2.05) is 16.3 Å². The zero-order valence-corrected chi connectivity index (χ0v) is 17.8. The van der Waals surface area contributed by atoms with Gasteiger partial charge in [0.15, 0.2) is 0 Å². The fourth-order valence-corrected chi connectivity index (χ4v) is 4.88. The van der Waals surface area contributed by atoms with E-state index in [9.17, 15) is 22.8 Å². The summed E-state index contributed by atoms with van der Waals surface area (Å²) in [5, 5.41) is 1.86. The number of likely N-dealkylation sites (tertiary alicyclic amines) is 1. The summed E-state index contributed by atoms with van der Waals surface area (Å²) in [6.45, 7) is 3.55. The van der Waals surface area contributed by atoms with E-state index in [-0.39, 0.29) is 11.8 Å². The smallest absolute Gasteiger partial charge is 0.338 e. The molecular weight excluding hydrogens is 427 g/mol. The standard InChI is InChI=1S/C22H24F3N3O2S/c23-22(24,25)17-7-5-16(6-8-17)15-26-10-12-27(13-11-26)20(29)18-3-1-9-28(18)21(30)19-4-2-14-31-19/h2,4-8,14,18H,1,3,9-13,15H2. The van der Waals surface area contributed by atoms with Crippen LogP contribution in [-0.2, 0) is 17.5 Å². The molecule has 2 aliphatic rings. The second-order valence-electron chi connectivity index (χ2n) is 7.93. The average Bonchev–Trinajstić information content (AvgIpc) is 3.45. The maximum absolute atomic E-state index is 13.1. The first-order valence-electron chi connectivity index (χ1n) is 10.3. The summed E-state index contributed by atoms with van der Waals surface area (Å²) in [5.41, 5.74) is 0.168. The summed E-state index contributed by atoms with van der Waals surface area (Å²) < 4.78 is 38.1. The number of thiophene rings is 1. The van der Waals surface area contributed by atoms with Gasteiger partial charge in [-0.15, -0.1) is 11.3 Å². The molecule has 2 aromatic rings. The van der Waals surface area contributed by atoms with Crippen LogP contribution in [-0.4, -0.2) is 65.3 Å². The Morgan fingerprint density at radius 3 is 2.32 bits per heavy atom. The number of hydrogen-bond donors (Lipinski definition) is 0. The molecule has 1 aromatic carbocycles. The van der Waals surface area contributed by atoms with Gasteiger partial charge in [-0.2, -0.15) is 13.2 Å². The largest absolute Gasteiger partial charge is 0.416 e. The predicted molar refractivity (Wildman–Crippen MR) is 112 cm³/mol. The Kier molecular flexibility index (Phi) is 6.34. The Bertz CT molecular complexity index is 907. The first-order chi connectivity index (χ1) is 14.8. The Hall–Kier alpha value is -2.39. The molecule has 1 unspecified atom stereocenters. The predicted octanol–water partition coefficient (Wildman–Crippen LogP) is 3.72. The number of piperazine rings is 1. The van der Waals surface area contributed by atoms with Gasteiger partial charge in [-0.3, -0.25) is 14.5 Å². The molecule has 1 atom stereocenters. The van der Waals surface area contributed by atoms with Crippen molar-refractivity contribution in [1.29, 1.82) is 0 Å². The van der Waals surface area contributed by atoms with Crippen molar-refractivity contribution in [3.8, 4) is 0 Å². The van der Waals surface area contributed by atoms with Crippen LogP contribution in [0.2, 0.25) is 0 Å². The summed E-state index contributed by atoms with van der Waals surface area (Å²) in [5.74, 6) is -0.0802. The lowest BCUT2D eigenvalue weighted by molar-refractivity contribution is -0.138. The van der Waals surface area contributed by atoms with Gasteiger partial charge in [0.25, 0.3) is 5.91 Å². The molecule has 2 fully saturated rings. The van der Waals surface area contributed by atoms with E-state index in [1.165, 1.54) is 23.5 Å². The highest BCUT2D eigenvalue weighted by Crippen LogP contribution is 2.29. The molecule has 166 valence electrons. The third kappa shape index (κ3) is 4.93. The molecule has 3 heterocycles. The monoisotopic (exact) mass is 451 g/mol. The highest BCUT2D eigenvalue weighted by atomic mass is 32.1. The van der Waals surface area contributed by atoms with E-state index >= 15 is 0 Å². The lowest BCUT2D eigenvalue weighted by Crippen LogP contribution is -2.54. The Balaban J connectivity index is 1.31. The number of carbonyl (C=O) groups is 2. The summed E-state index contributed by atoms with van der Waals surface area (Å²) >= 11 is 1.39. The van der Waals surface area contributed by atoms with Crippen LogP contribution in [0.3, 0.4) is 0 Å². The van der Waals surface area contributed by atoms with Crippen molar-refractivity contribution >= 4 is 23.2 Å². The minimum Gasteiger partial charge on any atom is -0.338 e. The third-order valence-corrected chi connectivity index (χ3v) is 6.76. The number of halogens is 3. The number of carbonyl (C=O) groups excluding carboxylic acids is 2. The fraction of sp³-hybridized carbons (Fsp3) is 0.455. The van der Waals surface area contributed by atoms with Gasteiger partial charge in [0, 0.05) is 39.3 Å². The SMILES string of the molecule is O=C(C1CCCN1C(=O)c1cccs1)N1CCN(Cc2ccc(C(F)(F)F)cc2)CC1. The van der Waals surface area contributed by atoms with Gasteiger partial charge in [-0.25, -0.2) is 0 Å². The van der Waals surface area contributed by atoms with Crippen LogP contribution < -0.4 is 0 Å². The van der Waals surface area contributed by atoms with E-state index < -0.39 is 17.8 Å². The number of nitrogens with zero attached hydrogens (tertiary/aromatic N) is 3. The number of alkyl halides is 3. The molecule has 2 amide bonds. The number of benzene rings is 1. The van der Waals surface area contributed by atoms with Crippen molar-refractivity contribution in [3.63, 3.8) is 0 Å². The first-order valence-corrected chi connectivity index (χ1v) is 11.2. The molecule has 2 aliphatic heterocycles. The summed E-state index contributed by atoms with van der Waals surface area (Å²) in [4.78, 5) is 32.1. The molecule has 0 radical (unpaired) electrons. The van der Waals surface area contributed by atoms with Crippen LogP contribution in [0.1, 0.15) is 33.6 Å². The molecule has 31 heavy (non-hydrogen) atoms. The van der Waals surface area contributed by atoms with Crippen molar-refractivity contribution in [3.05, 3.63) is 57.8 Å². The second kappa shape index (κ2) is 9.00. The second-order valence-corrected chi connectivity index (χ2v) is 8.88. The van der Waals surface area contributed by atoms with Crippen molar-refractivity contribution in [2.75, 3.05) is 32.7 Å². The van der Waals surface area contributed by atoms with E-state index in [4.69, 9.17) is 0 Å². The van der Waals surface area contributed by atoms with E-state index in [1.54, 1.807) is 11.0 Å². The molecular formula is C22H24F3N3O2S. The van der Waals surface area contributed by atoms with Crippen LogP contribution >= 0.6 is 11.3 Å². The molecule has 2 saturated heterocycles. The number of rotatable bonds is 4. The average molecular weight is 452 g/mol. The lowest BCUT2D eigenvalue weighted by Gasteiger charge is -2.37. The van der Waals surface area contributed by atoms with Gasteiger partial charge >= 0.3 is 6.18 Å². The molecule has 0 spiro atoms. The first kappa shape index (κ1) is 21.8. The van der Waals surface area contributed by atoms with Crippen molar-refractivity contribution in [2.45, 2.75) is 31.6 Å². The van der Waals surface area contributed by atoms with E-state index in [0.29, 0.717) is 50.6 Å². The topological polar surface area (TPSA) is 43.9 Å². The van der Waals surface area contributed by atoms with Gasteiger partial charge in [0.1, 0.15) is 6.04 Å². The Labute approximate surface area is 183 Å². The van der Waals surface area contributed by atoms with E-state index in [0.717, 1.165) is 24.1 Å². The van der Waals surface area contributed by atoms with Crippen molar-refractivity contribution in [2.24, 2.45) is 0 Å². The third-order valence-electron chi connectivity index (χ3n) is 5.90. The van der Waals surface area contributed by atoms with Gasteiger partial charge in [-0.1, -0.05) is 18.2 Å². The molecule has 5 nitrogen and oxygen atoms in total. The molecule has 1 aromatic heterocycles. The molecule has 0 aliphatic carbocycles. The molecule has 0 N–H and O–H groups in total. The maximum Gasteiger partial charge on any atom is 0.416 e. The minimum atomic E-state index is -4.33. The van der Waals surface area contributed by atoms with Gasteiger partial charge in [-0.05, 0) is 42.0 Å². The molecule has 0 bridgehead atoms. The zero-order chi connectivity index (χ0) is 22.0. The van der Waals surface area contributed by atoms with Crippen LogP contribution in [0.25, 0.3) is 0 Å². The van der Waals surface area contributed by atoms with Gasteiger partial charge < -0.3 is 9.80 Å². The van der Waals surface area contributed by atoms with Gasteiger partial charge in [0.05, 0.1) is 10.4 Å². The fourth-order valence-electron chi connectivity index (χ4n) is 4.20. The Morgan fingerprint density at radius 2 is 1.71 bits per heavy atom. The summed E-state index contributed by atoms with van der Waals surface area (Å²) in [6.07, 6.45) is -2.83. The number of amides is 2. The van der Waals surface area contributed by atoms with Crippen LogP contribution in [0.5, 0.6) is 0 Å². The van der Waals surface area contributed by atoms with Crippen molar-refractivity contribution < 1.29 is 22.8 Å². The van der Waals surface area contributed by atoms with E-state index in [2.05, 4.69) is 4.90 Å². The molecule has 0 saturated carbocycles. The zero-order valence-electron chi connectivity index (χ0n) is 17.0. The lowest BCUT2D eigenvalue weighted by atomic mass is 10.1. The highest BCUT2D eigenvalue weighted by Gasteiger charge is 2.38. The van der Waals surface area contributed by atoms with Gasteiger partial charge in [0.2, 0.25) is 5.91 Å². The van der Waals surface area contributed by atoms with Crippen LogP contribution in [0.4, 0.5) is 13.2 Å². The maximum atomic E-state index is 13.1.